The van der Waals surface area contributed by atoms with E-state index in [1.54, 1.807) is 0 Å². The number of fused-ring (bicyclic) bond motifs is 1. The molecule has 6 heteroatoms. The maximum atomic E-state index is 7.07. The molecule has 0 heterocycles. The third kappa shape index (κ3) is 8.91. The summed E-state index contributed by atoms with van der Waals surface area (Å²) in [6.07, 6.45) is 5.82. The molecule has 0 saturated carbocycles. The van der Waals surface area contributed by atoms with E-state index in [-0.39, 0.29) is 13.5 Å². The summed E-state index contributed by atoms with van der Waals surface area (Å²) in [5.41, 5.74) is 8.33. The standard InChI is InChI=1S/C32H40NOSi.CH3.2ClH.Zr/c1-7-8-20-30(33-23(2)3)28-17-12-13-21-31(28)34-35(5,6)32-24(4)22-29-26(18-14-19-27(29)32)25-15-10-9-11-16-25;;;;/h9-19,21-23,30,32H,7-8,20H2,1-6H3;1H3;2*1H;/q2*-1;;;+4/p-2. The average molecular weight is 660 g/mol. The Balaban J connectivity index is 0.00000127. The first-order valence-corrected chi connectivity index (χ1v) is 22.9. The van der Waals surface area contributed by atoms with Crippen LogP contribution in [0.3, 0.4) is 0 Å². The molecule has 1 aliphatic carbocycles. The van der Waals surface area contributed by atoms with Crippen LogP contribution in [0.5, 0.6) is 5.75 Å². The van der Waals surface area contributed by atoms with Gasteiger partial charge in [0.25, 0.3) is 8.32 Å². The van der Waals surface area contributed by atoms with E-state index in [1.165, 1.54) is 46.2 Å². The molecule has 0 bridgehead atoms. The SMILES string of the molecule is CCCCC([N-]C(C)C)c1ccccc1O[Si](C)(C)C1C(C)=Cc2c(-c3ccccc3)cccc21.[CH3-].[Cl][Zr+2][Cl]. The Kier molecular flexibility index (Phi) is 14.2. The topological polar surface area (TPSA) is 23.3 Å². The van der Waals surface area contributed by atoms with Crippen LogP contribution >= 0.6 is 17.0 Å². The van der Waals surface area contributed by atoms with Crippen LogP contribution in [0.25, 0.3) is 22.5 Å². The predicted molar refractivity (Wildman–Crippen MR) is 172 cm³/mol. The molecule has 2 nitrogen and oxygen atoms in total. The van der Waals surface area contributed by atoms with E-state index in [4.69, 9.17) is 26.8 Å². The van der Waals surface area contributed by atoms with Crippen molar-refractivity contribution >= 4 is 31.4 Å². The van der Waals surface area contributed by atoms with Gasteiger partial charge in [-0.25, -0.2) is 0 Å². The fourth-order valence-corrected chi connectivity index (χ4v) is 8.65. The Morgan fingerprint density at radius 1 is 0.949 bits per heavy atom. The van der Waals surface area contributed by atoms with Gasteiger partial charge in [-0.1, -0.05) is 118 Å². The molecule has 0 N–H and O–H groups in total. The van der Waals surface area contributed by atoms with E-state index in [2.05, 4.69) is 120 Å². The van der Waals surface area contributed by atoms with Gasteiger partial charge in [0.15, 0.2) is 0 Å². The van der Waals surface area contributed by atoms with E-state index in [1.807, 2.05) is 0 Å². The van der Waals surface area contributed by atoms with Gasteiger partial charge in [0.05, 0.1) is 0 Å². The Morgan fingerprint density at radius 3 is 2.23 bits per heavy atom. The van der Waals surface area contributed by atoms with Crippen molar-refractivity contribution in [1.82, 2.24) is 0 Å². The van der Waals surface area contributed by atoms with Gasteiger partial charge in [-0.05, 0) is 53.9 Å². The minimum absolute atomic E-state index is 0. The second-order valence-corrected chi connectivity index (χ2v) is 18.4. The molecular weight excluding hydrogens is 617 g/mol. The summed E-state index contributed by atoms with van der Waals surface area (Å²) in [5.74, 6) is 1.02. The van der Waals surface area contributed by atoms with E-state index in [0.717, 1.165) is 12.2 Å². The van der Waals surface area contributed by atoms with Gasteiger partial charge in [-0.15, -0.1) is 12.1 Å². The zero-order chi connectivity index (χ0) is 27.7. The second-order valence-electron chi connectivity index (χ2n) is 10.7. The molecular formula is C33H43Cl2NOSiZr. The molecule has 0 saturated heterocycles. The van der Waals surface area contributed by atoms with Crippen LogP contribution in [0.1, 0.15) is 75.2 Å². The first-order valence-electron chi connectivity index (χ1n) is 13.5. The number of hydrogen-bond donors (Lipinski definition) is 0. The summed E-state index contributed by atoms with van der Waals surface area (Å²) >= 11 is -0.826. The number of hydrogen-bond acceptors (Lipinski definition) is 1. The summed E-state index contributed by atoms with van der Waals surface area (Å²) in [5, 5.41) is 5.09. The summed E-state index contributed by atoms with van der Waals surface area (Å²) < 4.78 is 7.07. The Bertz CT molecular complexity index is 1200. The Morgan fingerprint density at radius 2 is 1.59 bits per heavy atom. The zero-order valence-electron chi connectivity index (χ0n) is 24.5. The minimum atomic E-state index is -2.21. The van der Waals surface area contributed by atoms with Gasteiger partial charge in [0.1, 0.15) is 5.75 Å². The normalized spacial score (nSPS) is 14.8. The molecule has 208 valence electrons. The van der Waals surface area contributed by atoms with Crippen LogP contribution in [0.4, 0.5) is 0 Å². The van der Waals surface area contributed by atoms with Gasteiger partial charge in [0, 0.05) is 5.54 Å². The van der Waals surface area contributed by atoms with Crippen LogP contribution in [0.15, 0.2) is 78.4 Å². The van der Waals surface area contributed by atoms with Crippen molar-refractivity contribution in [2.75, 3.05) is 0 Å². The second kappa shape index (κ2) is 16.3. The van der Waals surface area contributed by atoms with Crippen LogP contribution in [-0.4, -0.2) is 14.4 Å². The van der Waals surface area contributed by atoms with Crippen molar-refractivity contribution < 1.29 is 25.3 Å². The van der Waals surface area contributed by atoms with Crippen molar-refractivity contribution in [2.24, 2.45) is 0 Å². The van der Waals surface area contributed by atoms with E-state index in [9.17, 15) is 0 Å². The summed E-state index contributed by atoms with van der Waals surface area (Å²) in [4.78, 5) is 0. The number of unbranched alkanes of at least 4 members (excludes halogenated alkanes) is 1. The van der Waals surface area contributed by atoms with Crippen LogP contribution in [0.2, 0.25) is 13.1 Å². The molecule has 0 radical (unpaired) electrons. The maximum absolute atomic E-state index is 7.07. The number of rotatable bonds is 10. The molecule has 3 aromatic carbocycles. The molecule has 2 unspecified atom stereocenters. The number of para-hydroxylation sites is 1. The number of nitrogens with zero attached hydrogens (tertiary/aromatic N) is 1. The fraction of sp³-hybridized carbons (Fsp3) is 0.364. The van der Waals surface area contributed by atoms with Crippen molar-refractivity contribution in [3.8, 4) is 16.9 Å². The summed E-state index contributed by atoms with van der Waals surface area (Å²) in [6.45, 7) is 13.6. The summed E-state index contributed by atoms with van der Waals surface area (Å²) in [7, 11) is 7.66. The van der Waals surface area contributed by atoms with Crippen LogP contribution in [0, 0.1) is 7.43 Å². The first-order chi connectivity index (χ1) is 18.2. The molecule has 0 aliphatic heterocycles. The molecule has 0 fully saturated rings. The van der Waals surface area contributed by atoms with Crippen molar-refractivity contribution in [3.63, 3.8) is 0 Å². The van der Waals surface area contributed by atoms with E-state index in [0.29, 0.717) is 11.6 Å². The predicted octanol–water partition coefficient (Wildman–Crippen LogP) is 11.5. The van der Waals surface area contributed by atoms with Gasteiger partial charge in [-0.2, -0.15) is 0 Å². The van der Waals surface area contributed by atoms with Crippen LogP contribution < -0.4 is 4.43 Å². The van der Waals surface area contributed by atoms with E-state index < -0.39 is 29.2 Å². The number of halogens is 2. The van der Waals surface area contributed by atoms with Gasteiger partial charge < -0.3 is 17.2 Å². The molecule has 1 aliphatic rings. The molecule has 0 amide bonds. The van der Waals surface area contributed by atoms with Gasteiger partial charge in [0.2, 0.25) is 0 Å². The molecule has 39 heavy (non-hydrogen) atoms. The molecule has 4 rings (SSSR count). The fourth-order valence-electron chi connectivity index (χ4n) is 5.60. The number of benzene rings is 3. The molecule has 2 atom stereocenters. The summed E-state index contributed by atoms with van der Waals surface area (Å²) in [6, 6.07) is 26.6. The van der Waals surface area contributed by atoms with Gasteiger partial charge >= 0.3 is 37.9 Å². The monoisotopic (exact) mass is 657 g/mol. The van der Waals surface area contributed by atoms with Crippen LogP contribution in [-0.2, 0) is 20.8 Å². The molecule has 0 spiro atoms. The quantitative estimate of drug-likeness (QED) is 0.157. The molecule has 0 aromatic heterocycles. The average Bonchev–Trinajstić information content (AvgIpc) is 3.24. The number of allylic oxidation sites excluding steroid dienone is 1. The van der Waals surface area contributed by atoms with Crippen molar-refractivity contribution in [3.05, 3.63) is 108 Å². The Labute approximate surface area is 257 Å². The Hall–Kier alpha value is -1.16. The first kappa shape index (κ1) is 34.0. The van der Waals surface area contributed by atoms with Crippen molar-refractivity contribution in [1.29, 1.82) is 0 Å². The third-order valence-corrected chi connectivity index (χ3v) is 9.92. The van der Waals surface area contributed by atoms with Gasteiger partial charge in [-0.3, -0.25) is 0 Å². The van der Waals surface area contributed by atoms with Crippen molar-refractivity contribution in [2.45, 2.75) is 77.7 Å². The van der Waals surface area contributed by atoms with E-state index >= 15 is 0 Å². The third-order valence-electron chi connectivity index (χ3n) is 7.02. The zero-order valence-corrected chi connectivity index (χ0v) is 29.4. The molecule has 3 aromatic rings.